The van der Waals surface area contributed by atoms with Gasteiger partial charge in [0.25, 0.3) is 0 Å². The topological polar surface area (TPSA) is 77.7 Å². The molecule has 2 aromatic heterocycles. The van der Waals surface area contributed by atoms with Crippen molar-refractivity contribution in [2.45, 2.75) is 24.6 Å². The van der Waals surface area contributed by atoms with Crippen LogP contribution in [0, 0.1) is 0 Å². The van der Waals surface area contributed by atoms with E-state index >= 15 is 0 Å². The fraction of sp³-hybridized carbons (Fsp3) is 0.364. The largest absolute Gasteiger partial charge is 0.265 e. The van der Waals surface area contributed by atoms with E-state index in [1.807, 2.05) is 12.1 Å². The molecule has 0 amide bonds. The summed E-state index contributed by atoms with van der Waals surface area (Å²) in [7, 11) is 1.66. The van der Waals surface area contributed by atoms with Gasteiger partial charge in [-0.15, -0.1) is 5.10 Å². The smallest absolute Gasteiger partial charge is 0.238 e. The first-order valence-corrected chi connectivity index (χ1v) is 8.29. The lowest BCUT2D eigenvalue weighted by molar-refractivity contribution is 0.607. The molecule has 0 saturated heterocycles. The van der Waals surface area contributed by atoms with Crippen LogP contribution in [0.15, 0.2) is 24.5 Å². The van der Waals surface area contributed by atoms with Gasteiger partial charge >= 0.3 is 0 Å². The molecule has 2 aromatic rings. The molecule has 0 radical (unpaired) electrons. The molecule has 1 saturated carbocycles. The van der Waals surface area contributed by atoms with Crippen molar-refractivity contribution in [1.29, 1.82) is 0 Å². The molecule has 1 fully saturated rings. The highest BCUT2D eigenvalue weighted by molar-refractivity contribution is 8.13. The number of hydrogen-bond donors (Lipinski definition) is 0. The molecule has 0 unspecified atom stereocenters. The van der Waals surface area contributed by atoms with Crippen LogP contribution < -0.4 is 0 Å². The maximum Gasteiger partial charge on any atom is 0.238 e. The van der Waals surface area contributed by atoms with Crippen LogP contribution in [0.5, 0.6) is 0 Å². The third kappa shape index (κ3) is 2.76. The van der Waals surface area contributed by atoms with Crippen LogP contribution in [0.1, 0.15) is 24.6 Å². The Balaban J connectivity index is 2.11. The molecular weight excluding hydrogens is 288 g/mol. The van der Waals surface area contributed by atoms with E-state index in [1.165, 1.54) is 0 Å². The Kier molecular flexibility index (Phi) is 3.02. The lowest BCUT2D eigenvalue weighted by atomic mass is 10.1. The predicted octanol–water partition coefficient (Wildman–Crippen LogP) is 1.74. The monoisotopic (exact) mass is 298 g/mol. The molecule has 0 aliphatic heterocycles. The van der Waals surface area contributed by atoms with Crippen molar-refractivity contribution in [2.24, 2.45) is 0 Å². The summed E-state index contributed by atoms with van der Waals surface area (Å²) >= 11 is 0. The Morgan fingerprint density at radius 3 is 2.58 bits per heavy atom. The minimum absolute atomic E-state index is 0.308. The molecule has 0 bridgehead atoms. The van der Waals surface area contributed by atoms with Crippen LogP contribution in [0.25, 0.3) is 11.3 Å². The fourth-order valence-corrected chi connectivity index (χ4v) is 2.80. The van der Waals surface area contributed by atoms with Gasteiger partial charge in [-0.1, -0.05) is 5.21 Å². The number of aromatic nitrogens is 4. The van der Waals surface area contributed by atoms with Gasteiger partial charge in [0.15, 0.2) is 0 Å². The van der Waals surface area contributed by atoms with E-state index in [9.17, 15) is 8.42 Å². The molecular formula is C11H11ClN4O2S. The minimum Gasteiger partial charge on any atom is -0.265 e. The average Bonchev–Trinajstić information content (AvgIpc) is 3.11. The van der Waals surface area contributed by atoms with E-state index in [1.54, 1.807) is 17.1 Å². The lowest BCUT2D eigenvalue weighted by Gasteiger charge is -2.06. The number of hydrogen-bond acceptors (Lipinski definition) is 5. The maximum atomic E-state index is 11.3. The Morgan fingerprint density at radius 1 is 1.32 bits per heavy atom. The zero-order valence-electron chi connectivity index (χ0n) is 9.90. The Labute approximate surface area is 114 Å². The number of rotatable bonds is 4. The number of halogens is 1. The summed E-state index contributed by atoms with van der Waals surface area (Å²) in [5, 5.41) is 8.03. The molecule has 1 aliphatic carbocycles. The number of nitrogens with zero attached hydrogens (tertiary/aromatic N) is 4. The summed E-state index contributed by atoms with van der Waals surface area (Å²) in [4.78, 5) is 3.96. The summed E-state index contributed by atoms with van der Waals surface area (Å²) in [5.74, 6) is -0.321. The van der Waals surface area contributed by atoms with Crippen molar-refractivity contribution in [3.05, 3.63) is 30.2 Å². The van der Waals surface area contributed by atoms with Gasteiger partial charge in [0.2, 0.25) is 9.05 Å². The normalized spacial score (nSPS) is 15.6. The molecule has 19 heavy (non-hydrogen) atoms. The Hall–Kier alpha value is -1.47. The van der Waals surface area contributed by atoms with Gasteiger partial charge in [-0.05, 0) is 25.0 Å². The molecule has 6 nitrogen and oxygen atoms in total. The van der Waals surface area contributed by atoms with Crippen molar-refractivity contribution in [3.63, 3.8) is 0 Å². The summed E-state index contributed by atoms with van der Waals surface area (Å²) in [6, 6.07) is 3.92. The summed E-state index contributed by atoms with van der Waals surface area (Å²) in [5.41, 5.74) is 1.95. The van der Waals surface area contributed by atoms with Crippen LogP contribution in [-0.4, -0.2) is 28.4 Å². The first-order chi connectivity index (χ1) is 9.04. The third-order valence-electron chi connectivity index (χ3n) is 2.92. The highest BCUT2D eigenvalue weighted by Gasteiger charge is 2.30. The second kappa shape index (κ2) is 4.57. The van der Waals surface area contributed by atoms with Crippen molar-refractivity contribution < 1.29 is 8.42 Å². The van der Waals surface area contributed by atoms with Gasteiger partial charge in [-0.25, -0.2) is 13.1 Å². The number of pyridine rings is 1. The van der Waals surface area contributed by atoms with E-state index in [0.29, 0.717) is 17.4 Å². The molecule has 0 N–H and O–H groups in total. The van der Waals surface area contributed by atoms with Crippen LogP contribution in [0.3, 0.4) is 0 Å². The highest BCUT2D eigenvalue weighted by atomic mass is 35.7. The lowest BCUT2D eigenvalue weighted by Crippen LogP contribution is -2.02. The Bertz CT molecular complexity index is 695. The molecule has 3 rings (SSSR count). The van der Waals surface area contributed by atoms with E-state index in [-0.39, 0.29) is 5.75 Å². The standard InChI is InChI=1S/C11H11ClN4O2S/c12-19(17,18)7-10-11(8-3-5-13-6-4-8)16(15-14-10)9-1-2-9/h3-6,9H,1-2,7H2. The van der Waals surface area contributed by atoms with Gasteiger partial charge in [-0.3, -0.25) is 4.98 Å². The van der Waals surface area contributed by atoms with Gasteiger partial charge in [0.05, 0.1) is 11.7 Å². The van der Waals surface area contributed by atoms with Gasteiger partial charge in [0, 0.05) is 28.6 Å². The summed E-state index contributed by atoms with van der Waals surface area (Å²) < 4.78 is 24.3. The van der Waals surface area contributed by atoms with Crippen molar-refractivity contribution in [3.8, 4) is 11.3 Å². The van der Waals surface area contributed by atoms with Crippen LogP contribution in [-0.2, 0) is 14.8 Å². The van der Waals surface area contributed by atoms with Crippen LogP contribution in [0.4, 0.5) is 0 Å². The van der Waals surface area contributed by atoms with E-state index in [2.05, 4.69) is 15.3 Å². The first kappa shape index (κ1) is 12.6. The molecule has 2 heterocycles. The first-order valence-electron chi connectivity index (χ1n) is 5.81. The molecule has 1 aliphatic rings. The molecule has 0 spiro atoms. The maximum absolute atomic E-state index is 11.3. The minimum atomic E-state index is -3.66. The molecule has 0 aromatic carbocycles. The van der Waals surface area contributed by atoms with Crippen molar-refractivity contribution in [1.82, 2.24) is 20.0 Å². The van der Waals surface area contributed by atoms with E-state index in [4.69, 9.17) is 10.7 Å². The van der Waals surface area contributed by atoms with Gasteiger partial charge in [0.1, 0.15) is 11.4 Å². The van der Waals surface area contributed by atoms with Gasteiger partial charge < -0.3 is 0 Å². The van der Waals surface area contributed by atoms with Crippen LogP contribution >= 0.6 is 10.7 Å². The van der Waals surface area contributed by atoms with Crippen molar-refractivity contribution in [2.75, 3.05) is 0 Å². The molecule has 8 heteroatoms. The quantitative estimate of drug-likeness (QED) is 0.804. The SMILES string of the molecule is O=S(=O)(Cl)Cc1nnn(C2CC2)c1-c1ccncc1. The second-order valence-corrected chi connectivity index (χ2v) is 7.26. The average molecular weight is 299 g/mol. The van der Waals surface area contributed by atoms with Crippen molar-refractivity contribution >= 4 is 19.7 Å². The zero-order chi connectivity index (χ0) is 13.5. The van der Waals surface area contributed by atoms with E-state index in [0.717, 1.165) is 18.4 Å². The zero-order valence-corrected chi connectivity index (χ0v) is 11.5. The summed E-state index contributed by atoms with van der Waals surface area (Å²) in [6.07, 6.45) is 5.38. The van der Waals surface area contributed by atoms with Crippen LogP contribution in [0.2, 0.25) is 0 Å². The summed E-state index contributed by atoms with van der Waals surface area (Å²) in [6.45, 7) is 0. The second-order valence-electron chi connectivity index (χ2n) is 4.48. The predicted molar refractivity (Wildman–Crippen MR) is 70.0 cm³/mol. The highest BCUT2D eigenvalue weighted by Crippen LogP contribution is 2.38. The Morgan fingerprint density at radius 2 is 2.00 bits per heavy atom. The van der Waals surface area contributed by atoms with E-state index < -0.39 is 9.05 Å². The van der Waals surface area contributed by atoms with Gasteiger partial charge in [-0.2, -0.15) is 0 Å². The fourth-order valence-electron chi connectivity index (χ4n) is 1.97. The third-order valence-corrected chi connectivity index (χ3v) is 3.87. The molecule has 0 atom stereocenters. The molecule has 100 valence electrons.